The molecule has 82 valence electrons. The van der Waals surface area contributed by atoms with Gasteiger partial charge in [0.1, 0.15) is 0 Å². The Morgan fingerprint density at radius 2 is 1.93 bits per heavy atom. The smallest absolute Gasteiger partial charge is 0.407 e. The van der Waals surface area contributed by atoms with Crippen LogP contribution in [-0.2, 0) is 9.59 Å². The number of hydrogen-bond acceptors (Lipinski definition) is 3. The van der Waals surface area contributed by atoms with Crippen molar-refractivity contribution in [3.05, 3.63) is 0 Å². The van der Waals surface area contributed by atoms with Gasteiger partial charge in [0.05, 0.1) is 5.54 Å². The molecule has 2 fully saturated rings. The number of rotatable bonds is 0. The quantitative estimate of drug-likeness (QED) is 0.534. The average Bonchev–Trinajstić information content (AvgIpc) is 2.43. The number of carbonyl (C=O) groups is 3. The maximum Gasteiger partial charge on any atom is 0.407 e. The van der Waals surface area contributed by atoms with Crippen LogP contribution in [0.5, 0.6) is 0 Å². The van der Waals surface area contributed by atoms with Gasteiger partial charge in [-0.2, -0.15) is 0 Å². The number of nitrogens with zero attached hydrogens (tertiary/aromatic N) is 1. The van der Waals surface area contributed by atoms with Crippen LogP contribution in [0.1, 0.15) is 19.3 Å². The molecule has 2 saturated heterocycles. The largest absolute Gasteiger partial charge is 0.465 e. The predicted molar refractivity (Wildman–Crippen MR) is 49.3 cm³/mol. The number of carboxylic acid groups (broad SMARTS) is 1. The zero-order valence-electron chi connectivity index (χ0n) is 8.15. The van der Waals surface area contributed by atoms with Crippen LogP contribution in [-0.4, -0.2) is 46.4 Å². The van der Waals surface area contributed by atoms with Crippen LogP contribution in [0.2, 0.25) is 0 Å². The fraction of sp³-hybridized carbons (Fsp3) is 0.667. The van der Waals surface area contributed by atoms with E-state index in [1.807, 2.05) is 0 Å². The Balaban J connectivity index is 2.02. The van der Waals surface area contributed by atoms with Gasteiger partial charge in [0.15, 0.2) is 0 Å². The van der Waals surface area contributed by atoms with E-state index in [2.05, 4.69) is 5.32 Å². The number of amides is 2. The molecule has 2 amide bonds. The molecule has 2 aliphatic rings. The Labute approximate surface area is 86.2 Å². The minimum absolute atomic E-state index is 0.208. The van der Waals surface area contributed by atoms with Crippen molar-refractivity contribution in [2.75, 3.05) is 13.1 Å². The third-order valence-corrected chi connectivity index (χ3v) is 3.12. The van der Waals surface area contributed by atoms with E-state index < -0.39 is 23.3 Å². The fourth-order valence-electron chi connectivity index (χ4n) is 2.17. The first-order chi connectivity index (χ1) is 7.02. The summed E-state index contributed by atoms with van der Waals surface area (Å²) in [6.45, 7) is 0.756. The number of Topliss-reactive ketones (excluding diaryl/α,β-unsaturated/α-hetero) is 1. The van der Waals surface area contributed by atoms with Crippen molar-refractivity contribution < 1.29 is 19.5 Å². The van der Waals surface area contributed by atoms with Gasteiger partial charge in [-0.15, -0.1) is 0 Å². The van der Waals surface area contributed by atoms with Crippen LogP contribution in [0.25, 0.3) is 0 Å². The molecule has 2 rings (SSSR count). The Hall–Kier alpha value is -1.59. The van der Waals surface area contributed by atoms with E-state index in [1.165, 1.54) is 4.90 Å². The molecule has 0 saturated carbocycles. The summed E-state index contributed by atoms with van der Waals surface area (Å²) in [5.41, 5.74) is -0.472. The van der Waals surface area contributed by atoms with Crippen molar-refractivity contribution in [1.29, 1.82) is 0 Å². The zero-order chi connectivity index (χ0) is 11.1. The first-order valence-electron chi connectivity index (χ1n) is 4.86. The Morgan fingerprint density at radius 1 is 1.33 bits per heavy atom. The minimum atomic E-state index is -0.944. The number of piperidine rings is 1. The molecule has 2 N–H and O–H groups in total. The maximum absolute atomic E-state index is 11.1. The van der Waals surface area contributed by atoms with Crippen LogP contribution >= 0.6 is 0 Å². The first-order valence-corrected chi connectivity index (χ1v) is 4.86. The SMILES string of the molecule is O=C1CC2(CCN(C(=O)O)CC2)NC1=O. The molecule has 0 bridgehead atoms. The summed E-state index contributed by atoms with van der Waals surface area (Å²) in [5, 5.41) is 11.4. The molecule has 1 spiro atoms. The molecule has 0 aliphatic carbocycles. The molecule has 0 atom stereocenters. The van der Waals surface area contributed by atoms with Gasteiger partial charge >= 0.3 is 6.09 Å². The van der Waals surface area contributed by atoms with E-state index in [9.17, 15) is 14.4 Å². The second kappa shape index (κ2) is 3.22. The van der Waals surface area contributed by atoms with Crippen molar-refractivity contribution in [3.8, 4) is 0 Å². The molecular formula is C9H12N2O4. The number of hydrogen-bond donors (Lipinski definition) is 2. The zero-order valence-corrected chi connectivity index (χ0v) is 8.15. The lowest BCUT2D eigenvalue weighted by molar-refractivity contribution is -0.135. The fourth-order valence-corrected chi connectivity index (χ4v) is 2.17. The Bertz CT molecular complexity index is 313. The summed E-state index contributed by atoms with van der Waals surface area (Å²) in [6.07, 6.45) is 0.313. The molecule has 6 nitrogen and oxygen atoms in total. The molecule has 0 aromatic carbocycles. The second-order valence-corrected chi connectivity index (χ2v) is 4.10. The van der Waals surface area contributed by atoms with Crippen LogP contribution in [0.4, 0.5) is 4.79 Å². The molecular weight excluding hydrogens is 200 g/mol. The lowest BCUT2D eigenvalue weighted by Crippen LogP contribution is -2.51. The summed E-state index contributed by atoms with van der Waals surface area (Å²) in [6, 6.07) is 0. The highest BCUT2D eigenvalue weighted by Crippen LogP contribution is 2.29. The predicted octanol–water partition coefficient (Wildman–Crippen LogP) is -0.412. The second-order valence-electron chi connectivity index (χ2n) is 4.10. The molecule has 6 heteroatoms. The third kappa shape index (κ3) is 1.67. The van der Waals surface area contributed by atoms with Gasteiger partial charge in [-0.25, -0.2) is 4.79 Å². The van der Waals surface area contributed by atoms with Crippen molar-refractivity contribution >= 4 is 17.8 Å². The number of likely N-dealkylation sites (tertiary alicyclic amines) is 1. The van der Waals surface area contributed by atoms with Crippen molar-refractivity contribution in [2.24, 2.45) is 0 Å². The van der Waals surface area contributed by atoms with Gasteiger partial charge in [-0.05, 0) is 12.8 Å². The molecule has 0 radical (unpaired) electrons. The number of carbonyl (C=O) groups excluding carboxylic acids is 2. The van der Waals surface area contributed by atoms with Crippen LogP contribution in [0.15, 0.2) is 0 Å². The van der Waals surface area contributed by atoms with Gasteiger partial charge in [-0.3, -0.25) is 9.59 Å². The van der Waals surface area contributed by atoms with Crippen molar-refractivity contribution in [2.45, 2.75) is 24.8 Å². The van der Waals surface area contributed by atoms with Crippen LogP contribution in [0, 0.1) is 0 Å². The van der Waals surface area contributed by atoms with Gasteiger partial charge in [-0.1, -0.05) is 0 Å². The van der Waals surface area contributed by atoms with Crippen LogP contribution < -0.4 is 5.32 Å². The summed E-state index contributed by atoms with van der Waals surface area (Å²) in [7, 11) is 0. The summed E-state index contributed by atoms with van der Waals surface area (Å²) < 4.78 is 0. The molecule has 2 aliphatic heterocycles. The molecule has 0 unspecified atom stereocenters. The number of ketones is 1. The van der Waals surface area contributed by atoms with Gasteiger partial charge < -0.3 is 15.3 Å². The highest BCUT2D eigenvalue weighted by Gasteiger charge is 2.45. The highest BCUT2D eigenvalue weighted by molar-refractivity contribution is 6.38. The lowest BCUT2D eigenvalue weighted by Gasteiger charge is -2.37. The monoisotopic (exact) mass is 212 g/mol. The summed E-state index contributed by atoms with van der Waals surface area (Å²) >= 11 is 0. The van der Waals surface area contributed by atoms with Gasteiger partial charge in [0.2, 0.25) is 5.78 Å². The van der Waals surface area contributed by atoms with E-state index in [4.69, 9.17) is 5.11 Å². The van der Waals surface area contributed by atoms with Crippen molar-refractivity contribution in [1.82, 2.24) is 10.2 Å². The molecule has 15 heavy (non-hydrogen) atoms. The van der Waals surface area contributed by atoms with Crippen molar-refractivity contribution in [3.63, 3.8) is 0 Å². The first kappa shape index (κ1) is 9.95. The number of nitrogens with one attached hydrogen (secondary N) is 1. The van der Waals surface area contributed by atoms with E-state index >= 15 is 0 Å². The van der Waals surface area contributed by atoms with Gasteiger partial charge in [0, 0.05) is 19.5 Å². The van der Waals surface area contributed by atoms with E-state index in [0.29, 0.717) is 25.9 Å². The summed E-state index contributed by atoms with van der Waals surface area (Å²) in [4.78, 5) is 34.2. The third-order valence-electron chi connectivity index (χ3n) is 3.12. The molecule has 0 aromatic rings. The van der Waals surface area contributed by atoms with E-state index in [-0.39, 0.29) is 6.42 Å². The average molecular weight is 212 g/mol. The normalized spacial score (nSPS) is 24.4. The highest BCUT2D eigenvalue weighted by atomic mass is 16.4. The topological polar surface area (TPSA) is 86.7 Å². The standard InChI is InChI=1S/C9H12N2O4/c12-6-5-9(10-7(6)13)1-3-11(4-2-9)8(14)15/h1-5H2,(H,10,13)(H,14,15). The Kier molecular flexibility index (Phi) is 2.13. The molecule has 2 heterocycles. The van der Waals surface area contributed by atoms with Gasteiger partial charge in [0.25, 0.3) is 5.91 Å². The van der Waals surface area contributed by atoms with E-state index in [0.717, 1.165) is 0 Å². The van der Waals surface area contributed by atoms with Crippen LogP contribution in [0.3, 0.4) is 0 Å². The lowest BCUT2D eigenvalue weighted by atomic mass is 9.86. The van der Waals surface area contributed by atoms with E-state index in [1.54, 1.807) is 0 Å². The molecule has 0 aromatic heterocycles. The Morgan fingerprint density at radius 3 is 2.33 bits per heavy atom. The maximum atomic E-state index is 11.1. The minimum Gasteiger partial charge on any atom is -0.465 e. The summed E-state index contributed by atoms with van der Waals surface area (Å²) in [5.74, 6) is -0.919.